The molecule has 120 valence electrons. The largest absolute Gasteiger partial charge is 0.415 e. The number of fused-ring (bicyclic) bond motifs is 5. The summed E-state index contributed by atoms with van der Waals surface area (Å²) in [5.74, 6) is -0.274. The maximum atomic E-state index is 13.7. The maximum Gasteiger partial charge on any atom is 0.415 e. The van der Waals surface area contributed by atoms with E-state index in [9.17, 15) is 18.3 Å². The van der Waals surface area contributed by atoms with Gasteiger partial charge in [0.15, 0.2) is 0 Å². The van der Waals surface area contributed by atoms with Gasteiger partial charge in [0.25, 0.3) is 0 Å². The zero-order valence-corrected chi connectivity index (χ0v) is 12.2. The molecule has 6 heteroatoms. The molecule has 0 saturated heterocycles. The SMILES string of the molecule is O[C@H]1C(C(F)(F)F)=C2c3ccc4[nH]ncc4c3CC23CC[C@@H]1C3. The Balaban J connectivity index is 1.87. The van der Waals surface area contributed by atoms with E-state index in [1.807, 2.05) is 0 Å². The van der Waals surface area contributed by atoms with Crippen molar-refractivity contribution in [3.8, 4) is 0 Å². The number of aliphatic hydroxyl groups excluding tert-OH is 1. The zero-order valence-electron chi connectivity index (χ0n) is 12.2. The van der Waals surface area contributed by atoms with Gasteiger partial charge in [-0.15, -0.1) is 0 Å². The quantitative estimate of drug-likeness (QED) is 0.779. The fraction of sp³-hybridized carbons (Fsp3) is 0.471. The van der Waals surface area contributed by atoms with E-state index in [0.717, 1.165) is 22.9 Å². The maximum absolute atomic E-state index is 13.7. The molecular weight excluding hydrogens is 305 g/mol. The zero-order chi connectivity index (χ0) is 16.0. The highest BCUT2D eigenvalue weighted by Gasteiger charge is 2.59. The highest BCUT2D eigenvalue weighted by Crippen LogP contribution is 2.65. The molecule has 1 aromatic carbocycles. The van der Waals surface area contributed by atoms with E-state index in [1.54, 1.807) is 18.3 Å². The number of aromatic amines is 1. The van der Waals surface area contributed by atoms with Gasteiger partial charge in [0, 0.05) is 10.8 Å². The van der Waals surface area contributed by atoms with Gasteiger partial charge in [-0.1, -0.05) is 6.07 Å². The van der Waals surface area contributed by atoms with Crippen molar-refractivity contribution in [2.75, 3.05) is 0 Å². The van der Waals surface area contributed by atoms with E-state index in [1.165, 1.54) is 0 Å². The van der Waals surface area contributed by atoms with Crippen molar-refractivity contribution in [2.24, 2.45) is 11.3 Å². The van der Waals surface area contributed by atoms with E-state index in [4.69, 9.17) is 0 Å². The smallest absolute Gasteiger partial charge is 0.388 e. The molecule has 23 heavy (non-hydrogen) atoms. The summed E-state index contributed by atoms with van der Waals surface area (Å²) in [7, 11) is 0. The normalized spacial score (nSPS) is 32.5. The van der Waals surface area contributed by atoms with Crippen molar-refractivity contribution in [3.05, 3.63) is 35.0 Å². The number of nitrogens with one attached hydrogen (secondary N) is 1. The number of alkyl halides is 3. The number of allylic oxidation sites excluding steroid dienone is 1. The minimum absolute atomic E-state index is 0.274. The molecule has 1 spiro atoms. The lowest BCUT2D eigenvalue weighted by Crippen LogP contribution is -2.37. The Morgan fingerprint density at radius 3 is 2.91 bits per heavy atom. The molecule has 0 radical (unpaired) electrons. The molecule has 5 rings (SSSR count). The summed E-state index contributed by atoms with van der Waals surface area (Å²) in [4.78, 5) is 0. The van der Waals surface area contributed by atoms with Crippen molar-refractivity contribution in [2.45, 2.75) is 38.0 Å². The number of H-pyrrole nitrogens is 1. The number of halogens is 3. The first-order valence-corrected chi connectivity index (χ1v) is 7.86. The second kappa shape index (κ2) is 3.98. The summed E-state index contributed by atoms with van der Waals surface area (Å²) in [6.07, 6.45) is -1.54. The lowest BCUT2D eigenvalue weighted by molar-refractivity contribution is -0.111. The molecule has 0 aliphatic heterocycles. The van der Waals surface area contributed by atoms with Gasteiger partial charge in [-0.05, 0) is 54.4 Å². The van der Waals surface area contributed by atoms with Crippen molar-refractivity contribution >= 4 is 16.5 Å². The van der Waals surface area contributed by atoms with Crippen LogP contribution in [0.2, 0.25) is 0 Å². The van der Waals surface area contributed by atoms with Crippen molar-refractivity contribution in [3.63, 3.8) is 0 Å². The number of benzene rings is 1. The molecule has 2 bridgehead atoms. The van der Waals surface area contributed by atoms with Gasteiger partial charge < -0.3 is 5.11 Å². The van der Waals surface area contributed by atoms with Gasteiger partial charge in [0.2, 0.25) is 0 Å². The molecule has 1 saturated carbocycles. The molecule has 2 N–H and O–H groups in total. The fourth-order valence-corrected chi connectivity index (χ4v) is 5.16. The number of hydrogen-bond donors (Lipinski definition) is 2. The molecule has 1 aromatic heterocycles. The average Bonchev–Trinajstić information content (AvgIpc) is 3.15. The van der Waals surface area contributed by atoms with Gasteiger partial charge >= 0.3 is 6.18 Å². The van der Waals surface area contributed by atoms with Crippen LogP contribution < -0.4 is 0 Å². The van der Waals surface area contributed by atoms with Crippen LogP contribution >= 0.6 is 0 Å². The van der Waals surface area contributed by atoms with E-state index in [0.29, 0.717) is 30.4 Å². The number of nitrogens with zero attached hydrogens (tertiary/aromatic N) is 1. The van der Waals surface area contributed by atoms with E-state index < -0.39 is 23.3 Å². The molecule has 1 fully saturated rings. The number of aliphatic hydroxyl groups is 1. The standard InChI is InChI=1S/C17H15F3N2O/c18-17(19,20)14-13-9-1-2-12-11(7-21-22-12)10(9)6-16(13)4-3-8(5-16)15(14)23/h1-2,7-8,15,23H,3-6H2,(H,21,22)/t8-,15-,16?/m1/s1. The molecule has 2 aromatic rings. The second-order valence-electron chi connectivity index (χ2n) is 7.11. The number of aromatic nitrogens is 2. The molecule has 3 aliphatic carbocycles. The monoisotopic (exact) mass is 320 g/mol. The Hall–Kier alpha value is -1.82. The van der Waals surface area contributed by atoms with Crippen LogP contribution in [0, 0.1) is 11.3 Å². The van der Waals surface area contributed by atoms with Crippen LogP contribution in [-0.2, 0) is 6.42 Å². The second-order valence-corrected chi connectivity index (χ2v) is 7.11. The lowest BCUT2D eigenvalue weighted by Gasteiger charge is -2.36. The van der Waals surface area contributed by atoms with Crippen LogP contribution in [0.3, 0.4) is 0 Å². The Morgan fingerprint density at radius 2 is 2.13 bits per heavy atom. The Morgan fingerprint density at radius 1 is 1.30 bits per heavy atom. The highest BCUT2D eigenvalue weighted by molar-refractivity contribution is 5.93. The first kappa shape index (κ1) is 13.6. The van der Waals surface area contributed by atoms with Crippen molar-refractivity contribution in [1.82, 2.24) is 10.2 Å². The minimum Gasteiger partial charge on any atom is -0.388 e. The summed E-state index contributed by atoms with van der Waals surface area (Å²) >= 11 is 0. The van der Waals surface area contributed by atoms with Gasteiger partial charge in [-0.3, -0.25) is 5.10 Å². The molecular formula is C17H15F3N2O. The van der Waals surface area contributed by atoms with E-state index in [-0.39, 0.29) is 5.92 Å². The van der Waals surface area contributed by atoms with E-state index >= 15 is 0 Å². The predicted molar refractivity (Wildman–Crippen MR) is 78.6 cm³/mol. The Kier molecular flexibility index (Phi) is 2.35. The van der Waals surface area contributed by atoms with Crippen LogP contribution in [0.5, 0.6) is 0 Å². The van der Waals surface area contributed by atoms with Crippen LogP contribution in [0.15, 0.2) is 23.9 Å². The summed E-state index contributed by atoms with van der Waals surface area (Å²) in [6.45, 7) is 0. The third-order valence-corrected chi connectivity index (χ3v) is 6.01. The van der Waals surface area contributed by atoms with Gasteiger partial charge in [-0.25, -0.2) is 0 Å². The van der Waals surface area contributed by atoms with Gasteiger partial charge in [0.05, 0.1) is 23.4 Å². The highest BCUT2D eigenvalue weighted by atomic mass is 19.4. The van der Waals surface area contributed by atoms with E-state index in [2.05, 4.69) is 10.2 Å². The van der Waals surface area contributed by atoms with Crippen LogP contribution in [-0.4, -0.2) is 27.6 Å². The number of rotatable bonds is 0. The third kappa shape index (κ3) is 1.57. The van der Waals surface area contributed by atoms with Crippen LogP contribution in [0.4, 0.5) is 13.2 Å². The molecule has 1 unspecified atom stereocenters. The predicted octanol–water partition coefficient (Wildman–Crippen LogP) is 3.60. The first-order valence-electron chi connectivity index (χ1n) is 7.86. The summed E-state index contributed by atoms with van der Waals surface area (Å²) in [5.41, 5.74) is 1.65. The number of hydrogen-bond acceptors (Lipinski definition) is 2. The summed E-state index contributed by atoms with van der Waals surface area (Å²) in [5, 5.41) is 18.1. The molecule has 3 aliphatic rings. The average molecular weight is 320 g/mol. The minimum atomic E-state index is -4.49. The van der Waals surface area contributed by atoms with Crippen molar-refractivity contribution in [1.29, 1.82) is 0 Å². The van der Waals surface area contributed by atoms with Crippen molar-refractivity contribution < 1.29 is 18.3 Å². The van der Waals surface area contributed by atoms with Gasteiger partial charge in [-0.2, -0.15) is 18.3 Å². The molecule has 3 atom stereocenters. The van der Waals surface area contributed by atoms with Crippen LogP contribution in [0.25, 0.3) is 16.5 Å². The molecule has 0 amide bonds. The fourth-order valence-electron chi connectivity index (χ4n) is 5.16. The Labute approximate surface area is 130 Å². The third-order valence-electron chi connectivity index (χ3n) is 6.01. The lowest BCUT2D eigenvalue weighted by atomic mass is 9.70. The molecule has 1 heterocycles. The topological polar surface area (TPSA) is 48.9 Å². The van der Waals surface area contributed by atoms with Crippen LogP contribution in [0.1, 0.15) is 30.4 Å². The molecule has 3 nitrogen and oxygen atoms in total. The Bertz CT molecular complexity index is 866. The summed E-state index contributed by atoms with van der Waals surface area (Å²) in [6, 6.07) is 3.55. The summed E-state index contributed by atoms with van der Waals surface area (Å²) < 4.78 is 41.1. The van der Waals surface area contributed by atoms with Gasteiger partial charge in [0.1, 0.15) is 0 Å². The first-order chi connectivity index (χ1) is 10.9.